The first-order valence-electron chi connectivity index (χ1n) is 11.8. The number of hydrogen-bond donors (Lipinski definition) is 0. The Morgan fingerprint density at radius 3 is 2.47 bits per heavy atom. The molecule has 1 amide bonds. The Morgan fingerprint density at radius 2 is 1.78 bits per heavy atom. The Morgan fingerprint density at radius 1 is 1.00 bits per heavy atom. The van der Waals surface area contributed by atoms with Crippen LogP contribution in [0.2, 0.25) is 0 Å². The molecule has 1 aromatic heterocycles. The van der Waals surface area contributed by atoms with Crippen molar-refractivity contribution in [2.24, 2.45) is 5.92 Å². The van der Waals surface area contributed by atoms with Gasteiger partial charge in [-0.15, -0.1) is 10.2 Å². The van der Waals surface area contributed by atoms with Gasteiger partial charge in [-0.2, -0.15) is 0 Å². The van der Waals surface area contributed by atoms with Gasteiger partial charge in [0.1, 0.15) is 0 Å². The smallest absolute Gasteiger partial charge is 0.227 e. The summed E-state index contributed by atoms with van der Waals surface area (Å²) in [6.07, 6.45) is 3.44. The van der Waals surface area contributed by atoms with Gasteiger partial charge in [0.25, 0.3) is 0 Å². The Balaban J connectivity index is 1.22. The largest absolute Gasteiger partial charge is 0.354 e. The van der Waals surface area contributed by atoms with Crippen molar-refractivity contribution in [3.63, 3.8) is 0 Å². The predicted octanol–water partition coefficient (Wildman–Crippen LogP) is 3.34. The molecule has 1 atom stereocenters. The summed E-state index contributed by atoms with van der Waals surface area (Å²) in [4.78, 5) is 17.4. The number of piperidine rings is 2. The molecule has 0 N–H and O–H groups in total. The topological polar surface area (TPSA) is 67.8 Å². The van der Waals surface area contributed by atoms with Gasteiger partial charge in [0, 0.05) is 44.6 Å². The van der Waals surface area contributed by atoms with Gasteiger partial charge in [-0.25, -0.2) is 0 Å². The van der Waals surface area contributed by atoms with Crippen LogP contribution in [0.15, 0.2) is 30.3 Å². The highest BCUT2D eigenvalue weighted by molar-refractivity contribution is 5.80. The summed E-state index contributed by atoms with van der Waals surface area (Å²) >= 11 is 0. The number of likely N-dealkylation sites (tertiary alicyclic amines) is 1. The van der Waals surface area contributed by atoms with Gasteiger partial charge >= 0.3 is 0 Å². The summed E-state index contributed by atoms with van der Waals surface area (Å²) < 4.78 is 11.6. The minimum absolute atomic E-state index is 0.00411. The number of aromatic nitrogens is 2. The molecule has 5 rings (SSSR count). The van der Waals surface area contributed by atoms with Gasteiger partial charge < -0.3 is 19.3 Å². The summed E-state index contributed by atoms with van der Waals surface area (Å²) in [5.41, 5.74) is 4.48. The van der Waals surface area contributed by atoms with Gasteiger partial charge in [-0.05, 0) is 56.0 Å². The number of rotatable bonds is 3. The second kappa shape index (κ2) is 8.79. The van der Waals surface area contributed by atoms with Gasteiger partial charge in [0.15, 0.2) is 11.6 Å². The molecule has 0 unspecified atom stereocenters. The minimum atomic E-state index is -0.442. The Hall–Kier alpha value is -2.51. The first-order valence-corrected chi connectivity index (χ1v) is 11.8. The molecule has 7 heteroatoms. The second-order valence-electron chi connectivity index (χ2n) is 9.29. The fourth-order valence-electron chi connectivity index (χ4n) is 5.05. The van der Waals surface area contributed by atoms with Gasteiger partial charge in [-0.3, -0.25) is 4.79 Å². The molecule has 4 heterocycles. The number of carbonyl (C=O) groups excluding carboxylic acids is 1. The lowest BCUT2D eigenvalue weighted by molar-refractivity contribution is -0.188. The van der Waals surface area contributed by atoms with E-state index in [0.717, 1.165) is 49.3 Å². The maximum Gasteiger partial charge on any atom is 0.227 e. The van der Waals surface area contributed by atoms with Crippen molar-refractivity contribution in [2.45, 2.75) is 45.3 Å². The average Bonchev–Trinajstić information content (AvgIpc) is 3.29. The van der Waals surface area contributed by atoms with Gasteiger partial charge in [0.05, 0.1) is 24.8 Å². The van der Waals surface area contributed by atoms with Crippen LogP contribution in [-0.4, -0.2) is 66.2 Å². The molecule has 3 fully saturated rings. The van der Waals surface area contributed by atoms with Crippen LogP contribution in [0, 0.1) is 19.8 Å². The number of aryl methyl sites for hydroxylation is 2. The number of anilines is 1. The molecule has 0 aliphatic carbocycles. The monoisotopic (exact) mass is 436 g/mol. The highest BCUT2D eigenvalue weighted by atomic mass is 16.7. The third kappa shape index (κ3) is 4.24. The molecule has 0 bridgehead atoms. The molecule has 1 aromatic carbocycles. The molecule has 0 radical (unpaired) electrons. The van der Waals surface area contributed by atoms with Crippen LogP contribution < -0.4 is 4.90 Å². The number of benzene rings is 1. The van der Waals surface area contributed by atoms with Crippen molar-refractivity contribution < 1.29 is 14.3 Å². The zero-order chi connectivity index (χ0) is 22.1. The SMILES string of the molecule is Cc1ccc(-c2ccc(N3CCC[C@H](C(=O)N4CCC5(CC4)OCCO5)C3)nn2)cc1C. The van der Waals surface area contributed by atoms with E-state index in [1.165, 1.54) is 11.1 Å². The first kappa shape index (κ1) is 21.3. The highest BCUT2D eigenvalue weighted by Crippen LogP contribution is 2.33. The maximum atomic E-state index is 13.2. The van der Waals surface area contributed by atoms with Crippen molar-refractivity contribution in [3.8, 4) is 11.3 Å². The van der Waals surface area contributed by atoms with Crippen molar-refractivity contribution in [1.82, 2.24) is 15.1 Å². The maximum absolute atomic E-state index is 13.2. The lowest BCUT2D eigenvalue weighted by atomic mass is 9.94. The fourth-order valence-corrected chi connectivity index (χ4v) is 5.05. The zero-order valence-electron chi connectivity index (χ0n) is 19.0. The van der Waals surface area contributed by atoms with Crippen LogP contribution >= 0.6 is 0 Å². The van der Waals surface area contributed by atoms with Crippen LogP contribution in [0.25, 0.3) is 11.3 Å². The molecule has 7 nitrogen and oxygen atoms in total. The summed E-state index contributed by atoms with van der Waals surface area (Å²) in [5.74, 6) is 0.662. The number of ether oxygens (including phenoxy) is 2. The van der Waals surface area contributed by atoms with Crippen molar-refractivity contribution in [2.75, 3.05) is 44.3 Å². The lowest BCUT2D eigenvalue weighted by Gasteiger charge is -2.40. The predicted molar refractivity (Wildman–Crippen MR) is 122 cm³/mol. The average molecular weight is 437 g/mol. The zero-order valence-corrected chi connectivity index (χ0v) is 19.0. The molecule has 3 saturated heterocycles. The van der Waals surface area contributed by atoms with E-state index >= 15 is 0 Å². The molecule has 2 aromatic rings. The van der Waals surface area contributed by atoms with E-state index in [-0.39, 0.29) is 11.8 Å². The molecular formula is C25H32N4O3. The number of amides is 1. The second-order valence-corrected chi connectivity index (χ2v) is 9.29. The first-order chi connectivity index (χ1) is 15.5. The van der Waals surface area contributed by atoms with Crippen LogP contribution in [0.5, 0.6) is 0 Å². The third-order valence-electron chi connectivity index (χ3n) is 7.20. The Bertz CT molecular complexity index is 962. The molecule has 32 heavy (non-hydrogen) atoms. The van der Waals surface area contributed by atoms with E-state index in [1.54, 1.807) is 0 Å². The van der Waals surface area contributed by atoms with E-state index in [4.69, 9.17) is 9.47 Å². The highest BCUT2D eigenvalue weighted by Gasteiger charge is 2.42. The van der Waals surface area contributed by atoms with E-state index in [0.29, 0.717) is 32.8 Å². The minimum Gasteiger partial charge on any atom is -0.354 e. The third-order valence-corrected chi connectivity index (χ3v) is 7.20. The van der Waals surface area contributed by atoms with E-state index in [1.807, 2.05) is 17.0 Å². The molecule has 3 aliphatic rings. The molecule has 1 spiro atoms. The molecule has 0 saturated carbocycles. The Kier molecular flexibility index (Phi) is 5.86. The Labute approximate surface area is 189 Å². The van der Waals surface area contributed by atoms with Crippen LogP contribution in [0.4, 0.5) is 5.82 Å². The summed E-state index contributed by atoms with van der Waals surface area (Å²) in [6, 6.07) is 10.4. The quantitative estimate of drug-likeness (QED) is 0.735. The number of hydrogen-bond acceptors (Lipinski definition) is 6. The standard InChI is InChI=1S/C25H32N4O3/c1-18-5-6-20(16-19(18)2)22-7-8-23(27-26-22)29-11-3-4-21(17-29)24(30)28-12-9-25(10-13-28)31-14-15-32-25/h5-8,16,21H,3-4,9-15,17H2,1-2H3/t21-/m0/s1. The lowest BCUT2D eigenvalue weighted by Crippen LogP contribution is -2.51. The normalized spacial score (nSPS) is 23.0. The number of carbonyl (C=O) groups is 1. The number of nitrogens with zero attached hydrogens (tertiary/aromatic N) is 4. The van der Waals surface area contributed by atoms with E-state index < -0.39 is 5.79 Å². The van der Waals surface area contributed by atoms with Crippen molar-refractivity contribution in [1.29, 1.82) is 0 Å². The van der Waals surface area contributed by atoms with Crippen molar-refractivity contribution in [3.05, 3.63) is 41.5 Å². The van der Waals surface area contributed by atoms with Crippen LogP contribution in [0.1, 0.15) is 36.8 Å². The summed E-state index contributed by atoms with van der Waals surface area (Å²) in [7, 11) is 0. The summed E-state index contributed by atoms with van der Waals surface area (Å²) in [5, 5.41) is 8.98. The molecule has 3 aliphatic heterocycles. The van der Waals surface area contributed by atoms with E-state index in [2.05, 4.69) is 47.1 Å². The van der Waals surface area contributed by atoms with Crippen LogP contribution in [-0.2, 0) is 14.3 Å². The summed E-state index contributed by atoms with van der Waals surface area (Å²) in [6.45, 7) is 8.57. The van der Waals surface area contributed by atoms with Gasteiger partial charge in [-0.1, -0.05) is 12.1 Å². The molecule has 170 valence electrons. The fraction of sp³-hybridized carbons (Fsp3) is 0.560. The van der Waals surface area contributed by atoms with Gasteiger partial charge in [0.2, 0.25) is 5.91 Å². The van der Waals surface area contributed by atoms with Crippen molar-refractivity contribution >= 4 is 11.7 Å². The van der Waals surface area contributed by atoms with Crippen LogP contribution in [0.3, 0.4) is 0 Å². The van der Waals surface area contributed by atoms with E-state index in [9.17, 15) is 4.79 Å². The molecular weight excluding hydrogens is 404 g/mol.